The molecule has 1 rings (SSSR count). The van der Waals surface area contributed by atoms with Crippen LogP contribution in [0.1, 0.15) is 188 Å². The Morgan fingerprint density at radius 2 is 0.790 bits per heavy atom. The predicted octanol–water partition coefficient (Wildman–Crippen LogP) is 15.9. The van der Waals surface area contributed by atoms with Gasteiger partial charge < -0.3 is 39.0 Å². The van der Waals surface area contributed by atoms with Gasteiger partial charge in [-0.25, -0.2) is 4.79 Å². The van der Waals surface area contributed by atoms with E-state index in [4.69, 9.17) is 23.7 Å². The Hall–Kier alpha value is -5.92. The molecule has 1 saturated heterocycles. The van der Waals surface area contributed by atoms with Gasteiger partial charge in [-0.3, -0.25) is 14.4 Å². The van der Waals surface area contributed by atoms with Crippen molar-refractivity contribution >= 4 is 23.9 Å². The second-order valence-corrected chi connectivity index (χ2v) is 19.5. The van der Waals surface area contributed by atoms with Crippen LogP contribution in [-0.4, -0.2) is 89.2 Å². The number of ether oxygens (including phenoxy) is 5. The average Bonchev–Trinajstić information content (AvgIpc) is 3.52. The summed E-state index contributed by atoms with van der Waals surface area (Å²) < 4.78 is 28.2. The summed E-state index contributed by atoms with van der Waals surface area (Å²) in [5.41, 5.74) is 0. The Morgan fingerprint density at radius 1 is 0.420 bits per heavy atom. The maximum atomic E-state index is 13.2. The van der Waals surface area contributed by atoms with Crippen molar-refractivity contribution < 1.29 is 58.2 Å². The second kappa shape index (κ2) is 54.7. The highest BCUT2D eigenvalue weighted by Gasteiger charge is 2.50. The molecule has 12 heteroatoms. The third kappa shape index (κ3) is 44.4. The fourth-order valence-electron chi connectivity index (χ4n) is 7.82. The van der Waals surface area contributed by atoms with Gasteiger partial charge in [0.15, 0.2) is 24.6 Å². The van der Waals surface area contributed by atoms with Crippen LogP contribution in [0.2, 0.25) is 0 Å². The summed E-state index contributed by atoms with van der Waals surface area (Å²) in [6, 6.07) is 0. The Labute approximate surface area is 487 Å². The molecule has 1 fully saturated rings. The molecule has 0 bridgehead atoms. The summed E-state index contributed by atoms with van der Waals surface area (Å²) in [5.74, 6) is -3.42. The molecule has 0 aromatic rings. The summed E-state index contributed by atoms with van der Waals surface area (Å²) in [4.78, 5) is 51.1. The minimum atomic E-state index is -1.96. The van der Waals surface area contributed by atoms with Crippen molar-refractivity contribution in [1.82, 2.24) is 0 Å². The molecule has 81 heavy (non-hydrogen) atoms. The molecule has 3 N–H and O–H groups in total. The zero-order valence-corrected chi connectivity index (χ0v) is 49.4. The standard InChI is InChI=1S/C69H102O12/c1-4-7-10-13-16-19-22-25-28-30-31-33-35-37-40-43-46-49-52-55-61(70)77-58-60(79-62(71)56-53-50-47-44-41-39-36-32-29-26-23-20-17-14-11-8-5-2)59-78-69-67(65(74)64(73)66(81-69)68(75)76)80-63(72)57-54-51-48-45-42-38-34-27-24-21-18-15-12-9-6-3/h7-12,16-21,25-29,31,33-34,36,39,42,44-45,47,51,54,60,64-67,69,73-74H,4-6,13-15,22-24,30,32,35,37-38,40-41,43,46,48-50,52-53,55-59H2,1-3H3,(H,75,76)/b10-7-,11-8-,12-9-,19-16-,20-17-,21-18-,28-25-,29-26-,33-31-,34-27-,39-36-,45-42-,47-44-,54-51-. The smallest absolute Gasteiger partial charge is 0.335 e. The van der Waals surface area contributed by atoms with Crippen LogP contribution in [0.25, 0.3) is 0 Å². The van der Waals surface area contributed by atoms with Crippen molar-refractivity contribution in [1.29, 1.82) is 0 Å². The minimum Gasteiger partial charge on any atom is -0.479 e. The number of rotatable bonds is 48. The molecule has 0 aliphatic carbocycles. The Bertz CT molecular complexity index is 2060. The number of hydrogen-bond donors (Lipinski definition) is 3. The molecule has 0 aromatic heterocycles. The number of unbranched alkanes of at least 4 members (excludes halogenated alkanes) is 7. The van der Waals surface area contributed by atoms with E-state index in [9.17, 15) is 34.5 Å². The lowest BCUT2D eigenvalue weighted by atomic mass is 9.98. The molecule has 0 spiro atoms. The highest BCUT2D eigenvalue weighted by molar-refractivity contribution is 5.74. The first-order valence-corrected chi connectivity index (χ1v) is 30.1. The zero-order valence-electron chi connectivity index (χ0n) is 49.4. The molecule has 450 valence electrons. The lowest BCUT2D eigenvalue weighted by Gasteiger charge is -2.40. The van der Waals surface area contributed by atoms with E-state index < -0.39 is 67.3 Å². The largest absolute Gasteiger partial charge is 0.479 e. The Kier molecular flexibility index (Phi) is 49.3. The van der Waals surface area contributed by atoms with Crippen molar-refractivity contribution in [2.45, 2.75) is 225 Å². The molecule has 0 saturated carbocycles. The summed E-state index contributed by atoms with van der Waals surface area (Å²) in [7, 11) is 0. The highest BCUT2D eigenvalue weighted by atomic mass is 16.7. The minimum absolute atomic E-state index is 0.0597. The normalized spacial score (nSPS) is 19.0. The van der Waals surface area contributed by atoms with Crippen molar-refractivity contribution in [2.24, 2.45) is 0 Å². The third-order valence-electron chi connectivity index (χ3n) is 12.3. The van der Waals surface area contributed by atoms with Crippen LogP contribution < -0.4 is 0 Å². The molecule has 1 aliphatic heterocycles. The van der Waals surface area contributed by atoms with E-state index in [2.05, 4.69) is 154 Å². The van der Waals surface area contributed by atoms with E-state index in [0.717, 1.165) is 122 Å². The van der Waals surface area contributed by atoms with Crippen LogP contribution in [0.4, 0.5) is 0 Å². The fourth-order valence-corrected chi connectivity index (χ4v) is 7.82. The van der Waals surface area contributed by atoms with Crippen molar-refractivity contribution in [3.63, 3.8) is 0 Å². The summed E-state index contributed by atoms with van der Waals surface area (Å²) in [5, 5.41) is 31.5. The van der Waals surface area contributed by atoms with Gasteiger partial charge in [-0.2, -0.15) is 0 Å². The summed E-state index contributed by atoms with van der Waals surface area (Å²) in [6.07, 6.45) is 69.2. The lowest BCUT2D eigenvalue weighted by molar-refractivity contribution is -0.301. The molecule has 1 heterocycles. The first-order valence-electron chi connectivity index (χ1n) is 30.1. The van der Waals surface area contributed by atoms with Crippen LogP contribution >= 0.6 is 0 Å². The fraction of sp³-hybridized carbons (Fsp3) is 0.536. The molecule has 0 radical (unpaired) electrons. The maximum absolute atomic E-state index is 13.2. The van der Waals surface area contributed by atoms with Crippen LogP contribution in [0.5, 0.6) is 0 Å². The second-order valence-electron chi connectivity index (χ2n) is 19.5. The molecule has 1 aliphatic rings. The van der Waals surface area contributed by atoms with Crippen molar-refractivity contribution in [3.05, 3.63) is 170 Å². The van der Waals surface area contributed by atoms with E-state index in [0.29, 0.717) is 25.7 Å². The number of aliphatic carboxylic acids is 1. The number of aliphatic hydroxyl groups is 2. The van der Waals surface area contributed by atoms with Crippen LogP contribution in [0, 0.1) is 0 Å². The van der Waals surface area contributed by atoms with Gasteiger partial charge in [0.05, 0.1) is 13.0 Å². The monoisotopic (exact) mass is 1120 g/mol. The van der Waals surface area contributed by atoms with E-state index in [-0.39, 0.29) is 25.9 Å². The third-order valence-corrected chi connectivity index (χ3v) is 12.3. The number of hydrogen-bond acceptors (Lipinski definition) is 11. The first-order chi connectivity index (χ1) is 39.6. The number of carboxylic acids is 1. The van der Waals surface area contributed by atoms with Crippen LogP contribution in [0.15, 0.2) is 170 Å². The number of esters is 3. The van der Waals surface area contributed by atoms with E-state index in [1.54, 1.807) is 12.2 Å². The number of carbonyl (C=O) groups excluding carboxylic acids is 3. The summed E-state index contributed by atoms with van der Waals surface area (Å²) in [6.45, 7) is 5.53. The quantitative estimate of drug-likeness (QED) is 0.0228. The zero-order chi connectivity index (χ0) is 58.9. The van der Waals surface area contributed by atoms with Gasteiger partial charge in [-0.1, -0.05) is 217 Å². The van der Waals surface area contributed by atoms with Gasteiger partial charge in [0.2, 0.25) is 0 Å². The van der Waals surface area contributed by atoms with Gasteiger partial charge >= 0.3 is 23.9 Å². The van der Waals surface area contributed by atoms with E-state index in [1.807, 2.05) is 24.3 Å². The van der Waals surface area contributed by atoms with Gasteiger partial charge in [0.1, 0.15) is 18.8 Å². The van der Waals surface area contributed by atoms with Gasteiger partial charge in [-0.15, -0.1) is 0 Å². The molecular formula is C69H102O12. The maximum Gasteiger partial charge on any atom is 0.335 e. The first kappa shape index (κ1) is 73.1. The Morgan fingerprint density at radius 3 is 1.22 bits per heavy atom. The molecular weight excluding hydrogens is 1020 g/mol. The topological polar surface area (TPSA) is 175 Å². The van der Waals surface area contributed by atoms with Gasteiger partial charge in [-0.05, 0) is 122 Å². The number of allylic oxidation sites excluding steroid dienone is 27. The molecule has 12 nitrogen and oxygen atoms in total. The number of aliphatic hydroxyl groups excluding tert-OH is 2. The van der Waals surface area contributed by atoms with Gasteiger partial charge in [0, 0.05) is 12.8 Å². The summed E-state index contributed by atoms with van der Waals surface area (Å²) >= 11 is 0. The predicted molar refractivity (Wildman–Crippen MR) is 330 cm³/mol. The Balaban J connectivity index is 2.79. The van der Waals surface area contributed by atoms with E-state index >= 15 is 0 Å². The number of carbonyl (C=O) groups is 4. The number of carboxylic acid groups (broad SMARTS) is 1. The lowest BCUT2D eigenvalue weighted by Crippen LogP contribution is -2.61. The molecule has 0 aromatic carbocycles. The van der Waals surface area contributed by atoms with Gasteiger partial charge in [0.25, 0.3) is 0 Å². The van der Waals surface area contributed by atoms with E-state index in [1.165, 1.54) is 0 Å². The van der Waals surface area contributed by atoms with Crippen LogP contribution in [-0.2, 0) is 42.9 Å². The highest BCUT2D eigenvalue weighted by Crippen LogP contribution is 2.26. The molecule has 6 unspecified atom stereocenters. The molecule has 0 amide bonds. The van der Waals surface area contributed by atoms with Crippen molar-refractivity contribution in [2.75, 3.05) is 13.2 Å². The SMILES string of the molecule is CC/C=C\C/C=C\C/C=C\C/C=C\C/C=C\CCCC(=O)OC(COC(=O)CCCCCCCC/C=C\C/C=C\C/C=C\C/C=C\CC)COC1OC(C(=O)O)C(O)C(O)C1OC(=O)C/C=C\C/C=C\C/C=C\C/C=C\C/C=C\CC. The van der Waals surface area contributed by atoms with Crippen LogP contribution in [0.3, 0.4) is 0 Å². The average molecular weight is 1120 g/mol. The van der Waals surface area contributed by atoms with Crippen molar-refractivity contribution in [3.8, 4) is 0 Å². The molecule has 6 atom stereocenters.